The van der Waals surface area contributed by atoms with Crippen molar-refractivity contribution in [3.63, 3.8) is 0 Å². The molecule has 1 heterocycles. The first kappa shape index (κ1) is 19.1. The van der Waals surface area contributed by atoms with Gasteiger partial charge in [-0.15, -0.1) is 24.0 Å². The molecule has 134 valence electrons. The second-order valence-corrected chi connectivity index (χ2v) is 6.03. The molecule has 1 aromatic rings. The number of halogens is 1. The summed E-state index contributed by atoms with van der Waals surface area (Å²) in [4.78, 5) is 4.46. The topological polar surface area (TPSA) is 78.1 Å². The van der Waals surface area contributed by atoms with E-state index in [9.17, 15) is 0 Å². The number of nitrogens with zero attached hydrogens (tertiary/aromatic N) is 1. The van der Waals surface area contributed by atoms with Gasteiger partial charge in [0.1, 0.15) is 0 Å². The van der Waals surface area contributed by atoms with E-state index in [1.165, 1.54) is 6.42 Å². The number of fused-ring (bicyclic) bond motifs is 1. The van der Waals surface area contributed by atoms with Crippen molar-refractivity contribution in [1.29, 1.82) is 0 Å². The molecular formula is C17H26IN3O3. The lowest BCUT2D eigenvalue weighted by molar-refractivity contribution is 0.0743. The molecule has 0 spiro atoms. The van der Waals surface area contributed by atoms with Gasteiger partial charge in [0.15, 0.2) is 17.5 Å². The highest BCUT2D eigenvalue weighted by Crippen LogP contribution is 2.32. The fourth-order valence-electron chi connectivity index (χ4n) is 3.17. The van der Waals surface area contributed by atoms with Crippen LogP contribution in [-0.4, -0.2) is 38.9 Å². The number of rotatable bonds is 4. The number of nitrogens with one attached hydrogen (secondary N) is 1. The van der Waals surface area contributed by atoms with Gasteiger partial charge in [0.25, 0.3) is 0 Å². The third kappa shape index (κ3) is 4.89. The maximum Gasteiger partial charge on any atom is 0.193 e. The normalized spacial score (nSPS) is 23.3. The van der Waals surface area contributed by atoms with Gasteiger partial charge in [-0.05, 0) is 25.0 Å². The smallest absolute Gasteiger partial charge is 0.193 e. The van der Waals surface area contributed by atoms with Crippen LogP contribution < -0.4 is 20.5 Å². The predicted octanol–water partition coefficient (Wildman–Crippen LogP) is 3.01. The molecule has 3 N–H and O–H groups in total. The van der Waals surface area contributed by atoms with E-state index in [-0.39, 0.29) is 24.0 Å². The first-order chi connectivity index (χ1) is 11.3. The minimum Gasteiger partial charge on any atom is -0.490 e. The highest BCUT2D eigenvalue weighted by Gasteiger charge is 2.26. The van der Waals surface area contributed by atoms with Crippen molar-refractivity contribution in [2.75, 3.05) is 32.2 Å². The number of benzene rings is 1. The SMILES string of the molecule is COC1CCCC1CN=C(N)Nc1ccc2c(c1)OCCCO2.I. The van der Waals surface area contributed by atoms with Gasteiger partial charge in [-0.25, -0.2) is 0 Å². The van der Waals surface area contributed by atoms with Gasteiger partial charge in [0.05, 0.1) is 19.3 Å². The molecule has 0 amide bonds. The van der Waals surface area contributed by atoms with E-state index in [4.69, 9.17) is 19.9 Å². The predicted molar refractivity (Wildman–Crippen MR) is 106 cm³/mol. The van der Waals surface area contributed by atoms with E-state index in [1.807, 2.05) is 18.2 Å². The maximum absolute atomic E-state index is 6.00. The van der Waals surface area contributed by atoms with Crippen LogP contribution in [0.5, 0.6) is 11.5 Å². The van der Waals surface area contributed by atoms with E-state index in [0.29, 0.717) is 37.7 Å². The summed E-state index contributed by atoms with van der Waals surface area (Å²) < 4.78 is 16.8. The summed E-state index contributed by atoms with van der Waals surface area (Å²) in [6, 6.07) is 5.72. The van der Waals surface area contributed by atoms with Gasteiger partial charge >= 0.3 is 0 Å². The van der Waals surface area contributed by atoms with Gasteiger partial charge in [-0.2, -0.15) is 0 Å². The molecule has 24 heavy (non-hydrogen) atoms. The van der Waals surface area contributed by atoms with Crippen molar-refractivity contribution in [3.05, 3.63) is 18.2 Å². The quantitative estimate of drug-likeness (QED) is 0.422. The highest BCUT2D eigenvalue weighted by atomic mass is 127. The van der Waals surface area contributed by atoms with Gasteiger partial charge in [0, 0.05) is 37.7 Å². The number of hydrogen-bond acceptors (Lipinski definition) is 4. The molecule has 2 aliphatic rings. The summed E-state index contributed by atoms with van der Waals surface area (Å²) in [7, 11) is 1.77. The summed E-state index contributed by atoms with van der Waals surface area (Å²) in [6.45, 7) is 2.05. The average molecular weight is 447 g/mol. The molecule has 0 bridgehead atoms. The van der Waals surface area contributed by atoms with Crippen LogP contribution in [0.25, 0.3) is 0 Å². The Bertz CT molecular complexity index is 568. The summed E-state index contributed by atoms with van der Waals surface area (Å²) >= 11 is 0. The Hall–Kier alpha value is -1.22. The number of guanidine groups is 1. The van der Waals surface area contributed by atoms with Gasteiger partial charge < -0.3 is 25.3 Å². The Balaban J connectivity index is 0.00000208. The van der Waals surface area contributed by atoms with Crippen LogP contribution in [0.2, 0.25) is 0 Å². The Kier molecular flexibility index (Phi) is 7.41. The third-order valence-corrected chi connectivity index (χ3v) is 4.41. The zero-order chi connectivity index (χ0) is 16.1. The summed E-state index contributed by atoms with van der Waals surface area (Å²) in [5, 5.41) is 3.12. The van der Waals surface area contributed by atoms with Gasteiger partial charge in [-0.3, -0.25) is 4.99 Å². The molecule has 1 aromatic carbocycles. The number of anilines is 1. The van der Waals surface area contributed by atoms with E-state index in [0.717, 1.165) is 36.4 Å². The lowest BCUT2D eigenvalue weighted by Gasteiger charge is -2.16. The van der Waals surface area contributed by atoms with Crippen LogP contribution in [0.3, 0.4) is 0 Å². The standard InChI is InChI=1S/C17H25N3O3.HI/c1-21-14-5-2-4-12(14)11-19-17(18)20-13-6-7-15-16(10-13)23-9-3-8-22-15;/h6-7,10,12,14H,2-5,8-9,11H2,1H3,(H3,18,19,20);1H. The lowest BCUT2D eigenvalue weighted by atomic mass is 10.1. The van der Waals surface area contributed by atoms with Crippen molar-refractivity contribution in [3.8, 4) is 11.5 Å². The summed E-state index contributed by atoms with van der Waals surface area (Å²) in [5.41, 5.74) is 6.86. The monoisotopic (exact) mass is 447 g/mol. The molecule has 2 unspecified atom stereocenters. The van der Waals surface area contributed by atoms with E-state index < -0.39 is 0 Å². The van der Waals surface area contributed by atoms with Crippen molar-refractivity contribution >= 4 is 35.6 Å². The molecule has 6 nitrogen and oxygen atoms in total. The van der Waals surface area contributed by atoms with Crippen LogP contribution in [0.15, 0.2) is 23.2 Å². The Morgan fingerprint density at radius 3 is 2.83 bits per heavy atom. The Morgan fingerprint density at radius 2 is 2.04 bits per heavy atom. The fourth-order valence-corrected chi connectivity index (χ4v) is 3.17. The maximum atomic E-state index is 6.00. The molecule has 0 saturated heterocycles. The van der Waals surface area contributed by atoms with Crippen LogP contribution >= 0.6 is 24.0 Å². The summed E-state index contributed by atoms with van der Waals surface area (Å²) in [5.74, 6) is 2.40. The number of aliphatic imine (C=N–C) groups is 1. The highest BCUT2D eigenvalue weighted by molar-refractivity contribution is 14.0. The second kappa shape index (κ2) is 9.31. The van der Waals surface area contributed by atoms with Crippen molar-refractivity contribution in [2.24, 2.45) is 16.6 Å². The molecule has 0 radical (unpaired) electrons. The molecule has 1 fully saturated rings. The average Bonchev–Trinajstić information content (AvgIpc) is 2.89. The van der Waals surface area contributed by atoms with E-state index in [2.05, 4.69) is 10.3 Å². The summed E-state index contributed by atoms with van der Waals surface area (Å²) in [6.07, 6.45) is 4.67. The van der Waals surface area contributed by atoms with Crippen molar-refractivity contribution in [1.82, 2.24) is 0 Å². The van der Waals surface area contributed by atoms with Crippen molar-refractivity contribution in [2.45, 2.75) is 31.8 Å². The fraction of sp³-hybridized carbons (Fsp3) is 0.588. The van der Waals surface area contributed by atoms with Gasteiger partial charge in [-0.1, -0.05) is 6.42 Å². The molecule has 7 heteroatoms. The lowest BCUT2D eigenvalue weighted by Crippen LogP contribution is -2.26. The van der Waals surface area contributed by atoms with E-state index >= 15 is 0 Å². The zero-order valence-corrected chi connectivity index (χ0v) is 16.3. The van der Waals surface area contributed by atoms with Crippen LogP contribution in [-0.2, 0) is 4.74 Å². The van der Waals surface area contributed by atoms with E-state index in [1.54, 1.807) is 7.11 Å². The molecule has 3 rings (SSSR count). The van der Waals surface area contributed by atoms with Crippen LogP contribution in [0, 0.1) is 5.92 Å². The van der Waals surface area contributed by atoms with Crippen LogP contribution in [0.4, 0.5) is 5.69 Å². The number of ether oxygens (including phenoxy) is 3. The largest absolute Gasteiger partial charge is 0.490 e. The minimum atomic E-state index is 0. The number of hydrogen-bond donors (Lipinski definition) is 2. The molecule has 0 aromatic heterocycles. The molecule has 1 aliphatic carbocycles. The minimum absolute atomic E-state index is 0. The van der Waals surface area contributed by atoms with Crippen LogP contribution in [0.1, 0.15) is 25.7 Å². The molecule has 1 saturated carbocycles. The Morgan fingerprint density at radius 1 is 1.25 bits per heavy atom. The third-order valence-electron chi connectivity index (χ3n) is 4.41. The number of methoxy groups -OCH3 is 1. The zero-order valence-electron chi connectivity index (χ0n) is 14.0. The Labute approximate surface area is 160 Å². The molecule has 2 atom stereocenters. The first-order valence-corrected chi connectivity index (χ1v) is 8.25. The number of nitrogens with two attached hydrogens (primary N) is 1. The molecular weight excluding hydrogens is 421 g/mol. The van der Waals surface area contributed by atoms with Crippen molar-refractivity contribution < 1.29 is 14.2 Å². The first-order valence-electron chi connectivity index (χ1n) is 8.25. The second-order valence-electron chi connectivity index (χ2n) is 6.03. The molecule has 1 aliphatic heterocycles. The van der Waals surface area contributed by atoms with Gasteiger partial charge in [0.2, 0.25) is 0 Å².